The first-order valence-electron chi connectivity index (χ1n) is 9.29. The van der Waals surface area contributed by atoms with Crippen molar-refractivity contribution >= 4 is 24.2 Å². The first kappa shape index (κ1) is 19.5. The van der Waals surface area contributed by atoms with Gasteiger partial charge in [-0.05, 0) is 57.4 Å². The quantitative estimate of drug-likeness (QED) is 0.840. The molecule has 3 aliphatic rings. The molecule has 0 aromatic rings. The fourth-order valence-corrected chi connectivity index (χ4v) is 4.66. The Hall–Kier alpha value is -0.810. The molecule has 138 valence electrons. The molecular weight excluding hydrogens is 326 g/mol. The topological polar surface area (TPSA) is 66.6 Å². The fourth-order valence-electron chi connectivity index (χ4n) is 4.66. The van der Waals surface area contributed by atoms with Gasteiger partial charge in [0.1, 0.15) is 0 Å². The van der Waals surface area contributed by atoms with E-state index in [9.17, 15) is 9.59 Å². The van der Waals surface area contributed by atoms with E-state index in [1.165, 1.54) is 12.8 Å². The molecule has 2 saturated heterocycles. The van der Waals surface area contributed by atoms with Crippen molar-refractivity contribution in [2.45, 2.75) is 64.5 Å². The Morgan fingerprint density at radius 1 is 1.17 bits per heavy atom. The molecule has 2 amide bonds. The summed E-state index contributed by atoms with van der Waals surface area (Å²) in [5.41, 5.74) is 5.76. The molecule has 5 nitrogen and oxygen atoms in total. The Balaban J connectivity index is 0.00000208. The third-order valence-electron chi connectivity index (χ3n) is 6.21. The van der Waals surface area contributed by atoms with Crippen LogP contribution in [0.1, 0.15) is 52.4 Å². The second kappa shape index (κ2) is 8.05. The van der Waals surface area contributed by atoms with E-state index in [-0.39, 0.29) is 36.2 Å². The highest BCUT2D eigenvalue weighted by molar-refractivity contribution is 5.89. The number of nitrogens with two attached hydrogens (primary N) is 1. The third kappa shape index (κ3) is 3.88. The average molecular weight is 358 g/mol. The number of likely N-dealkylation sites (tertiary alicyclic amines) is 2. The maximum atomic E-state index is 12.9. The molecule has 1 aliphatic carbocycles. The third-order valence-corrected chi connectivity index (χ3v) is 6.21. The van der Waals surface area contributed by atoms with Crippen molar-refractivity contribution in [3.63, 3.8) is 0 Å². The van der Waals surface area contributed by atoms with Crippen molar-refractivity contribution in [2.75, 3.05) is 19.6 Å². The van der Waals surface area contributed by atoms with Crippen molar-refractivity contribution in [3.8, 4) is 0 Å². The lowest BCUT2D eigenvalue weighted by Crippen LogP contribution is -2.42. The van der Waals surface area contributed by atoms with Gasteiger partial charge >= 0.3 is 0 Å². The molecule has 24 heavy (non-hydrogen) atoms. The summed E-state index contributed by atoms with van der Waals surface area (Å²) < 4.78 is 0. The maximum absolute atomic E-state index is 12.9. The summed E-state index contributed by atoms with van der Waals surface area (Å²) in [5, 5.41) is 0. The molecule has 0 bridgehead atoms. The van der Waals surface area contributed by atoms with Gasteiger partial charge < -0.3 is 15.5 Å². The molecule has 3 rings (SSSR count). The zero-order chi connectivity index (χ0) is 16.6. The summed E-state index contributed by atoms with van der Waals surface area (Å²) in [6, 6.07) is 0.625. The van der Waals surface area contributed by atoms with Gasteiger partial charge in [-0.25, -0.2) is 0 Å². The van der Waals surface area contributed by atoms with Crippen molar-refractivity contribution in [1.82, 2.24) is 9.80 Å². The molecule has 3 fully saturated rings. The Morgan fingerprint density at radius 2 is 1.83 bits per heavy atom. The molecule has 0 radical (unpaired) electrons. The van der Waals surface area contributed by atoms with E-state index in [4.69, 9.17) is 5.73 Å². The summed E-state index contributed by atoms with van der Waals surface area (Å²) in [4.78, 5) is 29.3. The lowest BCUT2D eigenvalue weighted by molar-refractivity contribution is -0.136. The summed E-state index contributed by atoms with van der Waals surface area (Å²) >= 11 is 0. The zero-order valence-corrected chi connectivity index (χ0v) is 15.8. The Morgan fingerprint density at radius 3 is 2.42 bits per heavy atom. The average Bonchev–Trinajstić information content (AvgIpc) is 3.10. The number of hydrogen-bond donors (Lipinski definition) is 1. The summed E-state index contributed by atoms with van der Waals surface area (Å²) in [7, 11) is 0. The second-order valence-electron chi connectivity index (χ2n) is 8.04. The number of hydrogen-bond acceptors (Lipinski definition) is 3. The van der Waals surface area contributed by atoms with E-state index in [0.29, 0.717) is 31.5 Å². The van der Waals surface area contributed by atoms with Gasteiger partial charge in [0.15, 0.2) is 0 Å². The van der Waals surface area contributed by atoms with Crippen LogP contribution in [0.5, 0.6) is 0 Å². The number of amides is 2. The number of carbonyl (C=O) groups excluding carboxylic acids is 2. The van der Waals surface area contributed by atoms with Gasteiger partial charge in [-0.3, -0.25) is 9.59 Å². The predicted molar refractivity (Wildman–Crippen MR) is 96.8 cm³/mol. The molecule has 3 unspecified atom stereocenters. The summed E-state index contributed by atoms with van der Waals surface area (Å²) in [6.07, 6.45) is 6.00. The maximum Gasteiger partial charge on any atom is 0.228 e. The van der Waals surface area contributed by atoms with E-state index < -0.39 is 0 Å². The van der Waals surface area contributed by atoms with Crippen molar-refractivity contribution in [1.29, 1.82) is 0 Å². The molecule has 3 atom stereocenters. The molecule has 0 spiro atoms. The first-order chi connectivity index (χ1) is 11.0. The van der Waals surface area contributed by atoms with Crippen LogP contribution in [-0.2, 0) is 9.59 Å². The molecule has 6 heteroatoms. The number of halogens is 1. The van der Waals surface area contributed by atoms with E-state index in [0.717, 1.165) is 31.7 Å². The van der Waals surface area contributed by atoms with E-state index in [2.05, 4.69) is 13.8 Å². The minimum atomic E-state index is -0.138. The second-order valence-corrected chi connectivity index (χ2v) is 8.04. The number of rotatable bonds is 3. The lowest BCUT2D eigenvalue weighted by atomic mass is 9.86. The predicted octanol–water partition coefficient (Wildman–Crippen LogP) is 2.03. The van der Waals surface area contributed by atoms with Gasteiger partial charge in [-0.1, -0.05) is 6.92 Å². The van der Waals surface area contributed by atoms with Gasteiger partial charge in [0, 0.05) is 31.6 Å². The van der Waals surface area contributed by atoms with Crippen molar-refractivity contribution in [2.24, 2.45) is 23.5 Å². The normalized spacial score (nSPS) is 36.8. The monoisotopic (exact) mass is 357 g/mol. The highest BCUT2D eigenvalue weighted by atomic mass is 35.5. The van der Waals surface area contributed by atoms with Gasteiger partial charge in [0.05, 0.1) is 5.92 Å². The minimum absolute atomic E-state index is 0. The van der Waals surface area contributed by atoms with E-state index >= 15 is 0 Å². The van der Waals surface area contributed by atoms with Crippen molar-refractivity contribution < 1.29 is 9.59 Å². The fraction of sp³-hybridized carbons (Fsp3) is 0.889. The van der Waals surface area contributed by atoms with E-state index in [1.807, 2.05) is 9.80 Å². The highest BCUT2D eigenvalue weighted by Crippen LogP contribution is 2.33. The van der Waals surface area contributed by atoms with E-state index in [1.54, 1.807) is 0 Å². The smallest absolute Gasteiger partial charge is 0.228 e. The van der Waals surface area contributed by atoms with Crippen LogP contribution in [0.15, 0.2) is 0 Å². The zero-order valence-electron chi connectivity index (χ0n) is 14.9. The molecule has 0 aromatic heterocycles. The van der Waals surface area contributed by atoms with Crippen LogP contribution in [0.25, 0.3) is 0 Å². The van der Waals surface area contributed by atoms with Crippen LogP contribution in [-0.4, -0.2) is 53.3 Å². The molecule has 2 aliphatic heterocycles. The van der Waals surface area contributed by atoms with Gasteiger partial charge in [0.2, 0.25) is 11.8 Å². The van der Waals surface area contributed by atoms with Crippen LogP contribution in [0.4, 0.5) is 0 Å². The molecule has 2 N–H and O–H groups in total. The van der Waals surface area contributed by atoms with Gasteiger partial charge in [0.25, 0.3) is 0 Å². The number of nitrogens with zero attached hydrogens (tertiary/aromatic N) is 2. The molecule has 1 saturated carbocycles. The van der Waals surface area contributed by atoms with Crippen LogP contribution < -0.4 is 5.73 Å². The first-order valence-corrected chi connectivity index (χ1v) is 9.29. The Labute approximate surface area is 151 Å². The molecular formula is C18H32ClN3O2. The van der Waals surface area contributed by atoms with Crippen LogP contribution in [0.3, 0.4) is 0 Å². The van der Waals surface area contributed by atoms with Crippen molar-refractivity contribution in [3.05, 3.63) is 0 Å². The Kier molecular flexibility index (Phi) is 6.54. The summed E-state index contributed by atoms with van der Waals surface area (Å²) in [6.45, 7) is 6.43. The van der Waals surface area contributed by atoms with Crippen LogP contribution in [0.2, 0.25) is 0 Å². The lowest BCUT2D eigenvalue weighted by Gasteiger charge is -2.34. The minimum Gasteiger partial charge on any atom is -0.339 e. The number of carbonyl (C=O) groups is 2. The molecule has 0 aromatic carbocycles. The molecule has 2 heterocycles. The largest absolute Gasteiger partial charge is 0.339 e. The van der Waals surface area contributed by atoms with Crippen LogP contribution in [0, 0.1) is 17.8 Å². The summed E-state index contributed by atoms with van der Waals surface area (Å²) in [5.74, 6) is 1.42. The highest BCUT2D eigenvalue weighted by Gasteiger charge is 2.42. The Bertz CT molecular complexity index is 465. The van der Waals surface area contributed by atoms with Gasteiger partial charge in [-0.2, -0.15) is 0 Å². The SMILES string of the molecule is CC1CCC(N2CC(C(=O)N3CC(CN)CC3C)CC2=O)CC1.Cl. The standard InChI is InChI=1S/C18H31N3O2.ClH/c1-12-3-5-16(6-4-12)21-11-15(8-17(21)22)18(23)20-10-14(9-19)7-13(20)2;/h12-16H,3-11,19H2,1-2H3;1H. The van der Waals surface area contributed by atoms with Gasteiger partial charge in [-0.15, -0.1) is 12.4 Å². The van der Waals surface area contributed by atoms with Crippen LogP contribution >= 0.6 is 12.4 Å².